The molecule has 1 aliphatic heterocycles. The highest BCUT2D eigenvalue weighted by Crippen LogP contribution is 2.36. The monoisotopic (exact) mass is 417 g/mol. The predicted octanol–water partition coefficient (Wildman–Crippen LogP) is 5.87. The molecule has 162 valence electrons. The number of benzene rings is 2. The summed E-state index contributed by atoms with van der Waals surface area (Å²) in [5.74, 6) is -0.694. The lowest BCUT2D eigenvalue weighted by molar-refractivity contribution is -0.138. The molecule has 1 amide bonds. The quantitative estimate of drug-likeness (QED) is 0.462. The van der Waals surface area contributed by atoms with E-state index in [0.29, 0.717) is 16.8 Å². The van der Waals surface area contributed by atoms with Crippen molar-refractivity contribution in [2.24, 2.45) is 0 Å². The third-order valence-electron chi connectivity index (χ3n) is 5.72. The van der Waals surface area contributed by atoms with Crippen molar-refractivity contribution >= 4 is 23.6 Å². The van der Waals surface area contributed by atoms with Gasteiger partial charge in [-0.1, -0.05) is 51.1 Å². The highest BCUT2D eigenvalue weighted by Gasteiger charge is 2.38. The lowest BCUT2D eigenvalue weighted by Crippen LogP contribution is -2.24. The van der Waals surface area contributed by atoms with Crippen LogP contribution < -0.4 is 4.90 Å². The van der Waals surface area contributed by atoms with Crippen LogP contribution in [0.5, 0.6) is 0 Å². The number of nitrogens with zero attached hydrogens (tertiary/aromatic N) is 1. The van der Waals surface area contributed by atoms with Crippen LogP contribution in [0, 0.1) is 13.8 Å². The fraction of sp³-hybridized carbons (Fsp3) is 0.333. The van der Waals surface area contributed by atoms with Gasteiger partial charge in [0.1, 0.15) is 0 Å². The van der Waals surface area contributed by atoms with Crippen LogP contribution >= 0.6 is 0 Å². The van der Waals surface area contributed by atoms with Gasteiger partial charge in [0.2, 0.25) is 0 Å². The summed E-state index contributed by atoms with van der Waals surface area (Å²) in [7, 11) is 0. The van der Waals surface area contributed by atoms with E-state index < -0.39 is 5.97 Å². The molecule has 1 aliphatic rings. The van der Waals surface area contributed by atoms with Crippen LogP contribution in [0.15, 0.2) is 59.3 Å². The molecule has 2 aromatic rings. The Morgan fingerprint density at radius 1 is 1.00 bits per heavy atom. The predicted molar refractivity (Wildman–Crippen MR) is 126 cm³/mol. The molecular formula is C27H31NO3. The summed E-state index contributed by atoms with van der Waals surface area (Å²) in [5, 5.41) is 0. The number of aryl methyl sites for hydroxylation is 2. The Labute approximate surface area is 185 Å². The number of amides is 1. The lowest BCUT2D eigenvalue weighted by Gasteiger charge is -2.19. The van der Waals surface area contributed by atoms with Crippen LogP contribution in [0.1, 0.15) is 56.9 Å². The van der Waals surface area contributed by atoms with E-state index in [1.54, 1.807) is 24.8 Å². The van der Waals surface area contributed by atoms with Crippen LogP contribution in [-0.2, 0) is 19.7 Å². The second-order valence-corrected chi connectivity index (χ2v) is 9.02. The number of hydrogen-bond acceptors (Lipinski definition) is 3. The van der Waals surface area contributed by atoms with Gasteiger partial charge in [-0.2, -0.15) is 0 Å². The van der Waals surface area contributed by atoms with Gasteiger partial charge in [0.05, 0.1) is 17.8 Å². The zero-order valence-electron chi connectivity index (χ0n) is 19.5. The van der Waals surface area contributed by atoms with E-state index in [0.717, 1.165) is 22.4 Å². The van der Waals surface area contributed by atoms with Crippen molar-refractivity contribution in [1.29, 1.82) is 0 Å². The molecule has 4 heteroatoms. The molecule has 0 unspecified atom stereocenters. The van der Waals surface area contributed by atoms with Gasteiger partial charge < -0.3 is 4.74 Å². The Hall–Kier alpha value is -3.14. The molecule has 0 saturated heterocycles. The van der Waals surface area contributed by atoms with E-state index in [1.807, 2.05) is 44.2 Å². The van der Waals surface area contributed by atoms with Crippen molar-refractivity contribution in [2.75, 3.05) is 11.5 Å². The first-order valence-electron chi connectivity index (χ1n) is 10.7. The first-order chi connectivity index (χ1) is 14.5. The maximum Gasteiger partial charge on any atom is 0.340 e. The third-order valence-corrected chi connectivity index (χ3v) is 5.72. The molecule has 31 heavy (non-hydrogen) atoms. The van der Waals surface area contributed by atoms with Crippen LogP contribution in [0.3, 0.4) is 0 Å². The number of carbonyl (C=O) groups excluding carboxylic acids is 2. The highest BCUT2D eigenvalue weighted by molar-refractivity contribution is 6.23. The first-order valence-corrected chi connectivity index (χ1v) is 10.7. The van der Waals surface area contributed by atoms with Crippen LogP contribution in [-0.4, -0.2) is 18.5 Å². The Morgan fingerprint density at radius 2 is 1.65 bits per heavy atom. The minimum atomic E-state index is -0.475. The number of rotatable bonds is 4. The molecule has 2 aromatic carbocycles. The van der Waals surface area contributed by atoms with Crippen molar-refractivity contribution in [3.63, 3.8) is 0 Å². The van der Waals surface area contributed by atoms with Gasteiger partial charge in [-0.25, -0.2) is 4.79 Å². The fourth-order valence-corrected chi connectivity index (χ4v) is 3.70. The number of carbonyl (C=O) groups is 2. The molecular weight excluding hydrogens is 386 g/mol. The molecule has 0 saturated carbocycles. The minimum absolute atomic E-state index is 0.0432. The Bertz CT molecular complexity index is 1080. The van der Waals surface area contributed by atoms with Gasteiger partial charge in [0, 0.05) is 11.4 Å². The zero-order valence-corrected chi connectivity index (χ0v) is 19.5. The molecule has 0 N–H and O–H groups in total. The molecule has 0 bridgehead atoms. The van der Waals surface area contributed by atoms with E-state index in [-0.39, 0.29) is 17.9 Å². The van der Waals surface area contributed by atoms with Crippen molar-refractivity contribution in [3.8, 4) is 0 Å². The van der Waals surface area contributed by atoms with E-state index >= 15 is 0 Å². The molecule has 0 atom stereocenters. The van der Waals surface area contributed by atoms with E-state index in [4.69, 9.17) is 4.74 Å². The molecule has 0 aromatic heterocycles. The molecule has 4 nitrogen and oxygen atoms in total. The third kappa shape index (κ3) is 4.48. The first kappa shape index (κ1) is 22.5. The summed E-state index contributed by atoms with van der Waals surface area (Å²) in [4.78, 5) is 27.9. The van der Waals surface area contributed by atoms with Crippen LogP contribution in [0.25, 0.3) is 6.08 Å². The van der Waals surface area contributed by atoms with Crippen LogP contribution in [0.2, 0.25) is 0 Å². The zero-order chi connectivity index (χ0) is 22.9. The van der Waals surface area contributed by atoms with Crippen molar-refractivity contribution in [2.45, 2.75) is 53.9 Å². The molecule has 0 spiro atoms. The van der Waals surface area contributed by atoms with E-state index in [2.05, 4.69) is 32.9 Å². The Balaban J connectivity index is 2.09. The maximum absolute atomic E-state index is 13.5. The number of anilines is 1. The normalized spacial score (nSPS) is 15.8. The van der Waals surface area contributed by atoms with Gasteiger partial charge >= 0.3 is 5.97 Å². The average Bonchev–Trinajstić information content (AvgIpc) is 2.94. The van der Waals surface area contributed by atoms with Gasteiger partial charge in [-0.15, -0.1) is 0 Å². The minimum Gasteiger partial charge on any atom is -0.462 e. The Kier molecular flexibility index (Phi) is 6.21. The average molecular weight is 418 g/mol. The SMILES string of the molecule is CCOC(=O)C1=C(C)N(c2ccc(C)c(C)c2)C(=O)/C1=C\c1ccc(C(C)(C)C)cc1. The second-order valence-electron chi connectivity index (χ2n) is 9.02. The largest absolute Gasteiger partial charge is 0.462 e. The second kappa shape index (κ2) is 8.54. The standard InChI is InChI=1S/C27H31NO3/c1-8-31-26(30)24-19(4)28(22-14-9-17(2)18(3)15-22)25(29)23(24)16-20-10-12-21(13-11-20)27(5,6)7/h9-16H,8H2,1-7H3/b23-16-. The number of esters is 1. The number of allylic oxidation sites excluding steroid dienone is 1. The summed E-state index contributed by atoms with van der Waals surface area (Å²) in [6.07, 6.45) is 1.78. The fourth-order valence-electron chi connectivity index (χ4n) is 3.70. The van der Waals surface area contributed by atoms with Crippen LogP contribution in [0.4, 0.5) is 5.69 Å². The Morgan fingerprint density at radius 3 is 2.19 bits per heavy atom. The van der Waals surface area contributed by atoms with E-state index in [1.165, 1.54) is 5.56 Å². The van der Waals surface area contributed by atoms with Gasteiger partial charge in [-0.05, 0) is 73.6 Å². The molecule has 3 rings (SSSR count). The molecule has 0 aliphatic carbocycles. The topological polar surface area (TPSA) is 46.6 Å². The van der Waals surface area contributed by atoms with Gasteiger partial charge in [-0.3, -0.25) is 9.69 Å². The van der Waals surface area contributed by atoms with Crippen molar-refractivity contribution in [3.05, 3.63) is 81.6 Å². The van der Waals surface area contributed by atoms with E-state index in [9.17, 15) is 9.59 Å². The summed E-state index contributed by atoms with van der Waals surface area (Å²) >= 11 is 0. The number of hydrogen-bond donors (Lipinski definition) is 0. The molecule has 0 radical (unpaired) electrons. The number of ether oxygens (including phenoxy) is 1. The maximum atomic E-state index is 13.5. The summed E-state index contributed by atoms with van der Waals surface area (Å²) in [5.41, 5.74) is 6.38. The summed E-state index contributed by atoms with van der Waals surface area (Å²) in [6.45, 7) is 14.3. The van der Waals surface area contributed by atoms with Gasteiger partial charge in [0.25, 0.3) is 5.91 Å². The summed E-state index contributed by atoms with van der Waals surface area (Å²) < 4.78 is 5.29. The lowest BCUT2D eigenvalue weighted by atomic mass is 9.86. The molecule has 0 fully saturated rings. The van der Waals surface area contributed by atoms with Gasteiger partial charge in [0.15, 0.2) is 0 Å². The highest BCUT2D eigenvalue weighted by atomic mass is 16.5. The van der Waals surface area contributed by atoms with Crippen molar-refractivity contribution in [1.82, 2.24) is 0 Å². The smallest absolute Gasteiger partial charge is 0.340 e. The summed E-state index contributed by atoms with van der Waals surface area (Å²) in [6, 6.07) is 14.0. The molecule has 1 heterocycles. The van der Waals surface area contributed by atoms with Crippen molar-refractivity contribution < 1.29 is 14.3 Å².